The van der Waals surface area contributed by atoms with Crippen LogP contribution in [0.1, 0.15) is 21.8 Å². The zero-order valence-electron chi connectivity index (χ0n) is 15.5. The number of hydrogen-bond acceptors (Lipinski definition) is 5. The first-order chi connectivity index (χ1) is 13.7. The smallest absolute Gasteiger partial charge is 0.101 e. The van der Waals surface area contributed by atoms with Crippen LogP contribution >= 0.6 is 22.9 Å². The highest BCUT2D eigenvalue weighted by atomic mass is 35.5. The van der Waals surface area contributed by atoms with Gasteiger partial charge < -0.3 is 4.90 Å². The highest BCUT2D eigenvalue weighted by Crippen LogP contribution is 2.22. The number of thiazole rings is 1. The molecule has 0 bridgehead atoms. The molecule has 0 amide bonds. The van der Waals surface area contributed by atoms with E-state index in [-0.39, 0.29) is 0 Å². The standard InChI is InChI=1S/C22H21ClN4S/c23-19-7-5-17(6-8-19)13-22-25-20(16-28-22)15-26-9-11-27(12-10-26)21-4-2-1-3-18(21)14-24/h1-8,16H,9-13,15H2. The lowest BCUT2D eigenvalue weighted by Gasteiger charge is -2.36. The summed E-state index contributed by atoms with van der Waals surface area (Å²) in [4.78, 5) is 9.56. The van der Waals surface area contributed by atoms with E-state index >= 15 is 0 Å². The van der Waals surface area contributed by atoms with Crippen molar-refractivity contribution in [2.24, 2.45) is 0 Å². The second-order valence-corrected chi connectivity index (χ2v) is 8.31. The molecule has 142 valence electrons. The minimum absolute atomic E-state index is 0.752. The van der Waals surface area contributed by atoms with Gasteiger partial charge in [0.25, 0.3) is 0 Å². The van der Waals surface area contributed by atoms with Crippen molar-refractivity contribution in [2.45, 2.75) is 13.0 Å². The molecule has 0 spiro atoms. The molecule has 0 unspecified atom stereocenters. The number of rotatable bonds is 5. The Kier molecular flexibility index (Phi) is 5.92. The number of halogens is 1. The maximum atomic E-state index is 9.32. The number of hydrogen-bond donors (Lipinski definition) is 0. The Bertz CT molecular complexity index is 969. The predicted octanol–water partition coefficient (Wildman–Crippen LogP) is 4.58. The van der Waals surface area contributed by atoms with Crippen molar-refractivity contribution < 1.29 is 0 Å². The molecular formula is C22H21ClN4S. The highest BCUT2D eigenvalue weighted by Gasteiger charge is 2.20. The van der Waals surface area contributed by atoms with Crippen LogP contribution < -0.4 is 4.90 Å². The van der Waals surface area contributed by atoms with Crippen LogP contribution in [0.3, 0.4) is 0 Å². The molecule has 1 aliphatic rings. The van der Waals surface area contributed by atoms with Crippen LogP contribution in [0, 0.1) is 11.3 Å². The average Bonchev–Trinajstić information content (AvgIpc) is 3.17. The lowest BCUT2D eigenvalue weighted by Crippen LogP contribution is -2.46. The van der Waals surface area contributed by atoms with Crippen LogP contribution in [0.4, 0.5) is 5.69 Å². The molecule has 0 radical (unpaired) electrons. The largest absolute Gasteiger partial charge is 0.368 e. The zero-order chi connectivity index (χ0) is 19.3. The number of piperazine rings is 1. The van der Waals surface area contributed by atoms with E-state index in [0.717, 1.165) is 66.1 Å². The van der Waals surface area contributed by atoms with Crippen molar-refractivity contribution in [3.8, 4) is 6.07 Å². The van der Waals surface area contributed by atoms with Crippen molar-refractivity contribution in [2.75, 3.05) is 31.1 Å². The van der Waals surface area contributed by atoms with Gasteiger partial charge in [-0.25, -0.2) is 4.98 Å². The van der Waals surface area contributed by atoms with Crippen molar-refractivity contribution in [1.82, 2.24) is 9.88 Å². The summed E-state index contributed by atoms with van der Waals surface area (Å²) in [6, 6.07) is 18.1. The summed E-state index contributed by atoms with van der Waals surface area (Å²) in [7, 11) is 0. The van der Waals surface area contributed by atoms with E-state index in [4.69, 9.17) is 16.6 Å². The second-order valence-electron chi connectivity index (χ2n) is 6.93. The van der Waals surface area contributed by atoms with E-state index in [2.05, 4.69) is 33.4 Å². The van der Waals surface area contributed by atoms with E-state index in [0.29, 0.717) is 0 Å². The van der Waals surface area contributed by atoms with Gasteiger partial charge >= 0.3 is 0 Å². The van der Waals surface area contributed by atoms with Gasteiger partial charge in [-0.1, -0.05) is 35.9 Å². The second kappa shape index (κ2) is 8.74. The summed E-state index contributed by atoms with van der Waals surface area (Å²) in [6.07, 6.45) is 0.848. The molecule has 2 heterocycles. The minimum Gasteiger partial charge on any atom is -0.368 e. The Morgan fingerprint density at radius 1 is 1.04 bits per heavy atom. The number of nitrogens with zero attached hydrogens (tertiary/aromatic N) is 4. The maximum Gasteiger partial charge on any atom is 0.101 e. The highest BCUT2D eigenvalue weighted by molar-refractivity contribution is 7.09. The molecule has 3 aromatic rings. The fourth-order valence-electron chi connectivity index (χ4n) is 3.50. The lowest BCUT2D eigenvalue weighted by molar-refractivity contribution is 0.247. The third-order valence-corrected chi connectivity index (χ3v) is 6.14. The summed E-state index contributed by atoms with van der Waals surface area (Å²) < 4.78 is 0. The van der Waals surface area contributed by atoms with E-state index in [9.17, 15) is 5.26 Å². The number of aromatic nitrogens is 1. The molecule has 0 atom stereocenters. The van der Waals surface area contributed by atoms with Gasteiger partial charge in [-0.2, -0.15) is 5.26 Å². The van der Waals surface area contributed by atoms with E-state index < -0.39 is 0 Å². The van der Waals surface area contributed by atoms with Crippen molar-refractivity contribution in [1.29, 1.82) is 5.26 Å². The quantitative estimate of drug-likeness (QED) is 0.619. The fraction of sp³-hybridized carbons (Fsp3) is 0.273. The Balaban J connectivity index is 1.32. The Morgan fingerprint density at radius 3 is 2.54 bits per heavy atom. The van der Waals surface area contributed by atoms with Crippen LogP contribution in [0.2, 0.25) is 5.02 Å². The van der Waals surface area contributed by atoms with Gasteiger partial charge in [-0.05, 0) is 29.8 Å². The van der Waals surface area contributed by atoms with E-state index in [1.807, 2.05) is 36.4 Å². The molecule has 1 aromatic heterocycles. The summed E-state index contributed by atoms with van der Waals surface area (Å²) in [6.45, 7) is 4.69. The van der Waals surface area contributed by atoms with Gasteiger partial charge in [0.05, 0.1) is 22.0 Å². The molecule has 0 saturated carbocycles. The maximum absolute atomic E-state index is 9.32. The van der Waals surface area contributed by atoms with E-state index in [1.165, 1.54) is 5.56 Å². The SMILES string of the molecule is N#Cc1ccccc1N1CCN(Cc2csc(Cc3ccc(Cl)cc3)n2)CC1. The average molecular weight is 409 g/mol. The van der Waals surface area contributed by atoms with Crippen LogP contribution in [-0.2, 0) is 13.0 Å². The number of para-hydroxylation sites is 1. The predicted molar refractivity (Wildman–Crippen MR) is 115 cm³/mol. The summed E-state index contributed by atoms with van der Waals surface area (Å²) in [5.74, 6) is 0. The van der Waals surface area contributed by atoms with Crippen molar-refractivity contribution >= 4 is 28.6 Å². The number of nitriles is 1. The molecule has 28 heavy (non-hydrogen) atoms. The van der Waals surface area contributed by atoms with Gasteiger partial charge in [0.15, 0.2) is 0 Å². The number of benzene rings is 2. The minimum atomic E-state index is 0.752. The normalized spacial score (nSPS) is 14.8. The molecule has 1 saturated heterocycles. The molecule has 0 N–H and O–H groups in total. The molecule has 4 nitrogen and oxygen atoms in total. The fourth-order valence-corrected chi connectivity index (χ4v) is 4.44. The molecule has 1 fully saturated rings. The van der Waals surface area contributed by atoms with Crippen LogP contribution in [0.15, 0.2) is 53.9 Å². The van der Waals surface area contributed by atoms with Gasteiger partial charge in [0.1, 0.15) is 6.07 Å². The lowest BCUT2D eigenvalue weighted by atomic mass is 10.1. The first-order valence-corrected chi connectivity index (χ1v) is 10.6. The van der Waals surface area contributed by atoms with Gasteiger partial charge in [-0.15, -0.1) is 11.3 Å². The van der Waals surface area contributed by atoms with Crippen LogP contribution in [0.25, 0.3) is 0 Å². The zero-order valence-corrected chi connectivity index (χ0v) is 17.1. The Morgan fingerprint density at radius 2 is 1.79 bits per heavy atom. The summed E-state index contributed by atoms with van der Waals surface area (Å²) >= 11 is 7.68. The number of anilines is 1. The van der Waals surface area contributed by atoms with Crippen LogP contribution in [-0.4, -0.2) is 36.1 Å². The van der Waals surface area contributed by atoms with Crippen molar-refractivity contribution in [3.63, 3.8) is 0 Å². The summed E-state index contributed by atoms with van der Waals surface area (Å²) in [5.41, 5.74) is 4.17. The van der Waals surface area contributed by atoms with Crippen molar-refractivity contribution in [3.05, 3.63) is 80.8 Å². The van der Waals surface area contributed by atoms with Gasteiger partial charge in [-0.3, -0.25) is 4.90 Å². The topological polar surface area (TPSA) is 43.2 Å². The molecular weight excluding hydrogens is 388 g/mol. The monoisotopic (exact) mass is 408 g/mol. The molecule has 2 aromatic carbocycles. The molecule has 6 heteroatoms. The van der Waals surface area contributed by atoms with Gasteiger partial charge in [0, 0.05) is 49.5 Å². The first-order valence-electron chi connectivity index (χ1n) is 9.35. The molecule has 4 rings (SSSR count). The Labute approximate surface area is 174 Å². The van der Waals surface area contributed by atoms with Crippen LogP contribution in [0.5, 0.6) is 0 Å². The third-order valence-electron chi connectivity index (χ3n) is 4.99. The Hall–Kier alpha value is -2.39. The summed E-state index contributed by atoms with van der Waals surface area (Å²) in [5, 5.41) is 13.4. The molecule has 0 aliphatic carbocycles. The van der Waals surface area contributed by atoms with E-state index in [1.54, 1.807) is 11.3 Å². The van der Waals surface area contributed by atoms with Gasteiger partial charge in [0.2, 0.25) is 0 Å². The first kappa shape index (κ1) is 18.9. The molecule has 1 aliphatic heterocycles. The third kappa shape index (κ3) is 4.53.